The number of likely N-dealkylation sites (tertiary alicyclic amines) is 1. The Labute approximate surface area is 153 Å². The van der Waals surface area contributed by atoms with E-state index >= 15 is 0 Å². The predicted molar refractivity (Wildman–Crippen MR) is 93.4 cm³/mol. The molecule has 2 atom stereocenters. The number of anilines is 1. The van der Waals surface area contributed by atoms with E-state index in [0.29, 0.717) is 12.8 Å². The quantitative estimate of drug-likeness (QED) is 0.367. The van der Waals surface area contributed by atoms with Crippen LogP contribution in [0, 0.1) is 22.0 Å². The molecule has 0 bridgehead atoms. The van der Waals surface area contributed by atoms with Crippen molar-refractivity contribution in [3.8, 4) is 0 Å². The molecule has 1 aliphatic carbocycles. The lowest BCUT2D eigenvalue weighted by Gasteiger charge is -2.14. The number of halogens is 1. The van der Waals surface area contributed by atoms with E-state index in [2.05, 4.69) is 5.32 Å². The van der Waals surface area contributed by atoms with Gasteiger partial charge in [0.05, 0.1) is 16.8 Å². The van der Waals surface area contributed by atoms with Gasteiger partial charge in [-0.25, -0.2) is 0 Å². The van der Waals surface area contributed by atoms with Crippen molar-refractivity contribution in [2.45, 2.75) is 19.3 Å². The summed E-state index contributed by atoms with van der Waals surface area (Å²) in [5, 5.41) is 13.4. The summed E-state index contributed by atoms with van der Waals surface area (Å²) in [4.78, 5) is 48.1. The Morgan fingerprint density at radius 1 is 1.23 bits per heavy atom. The van der Waals surface area contributed by atoms with E-state index in [9.17, 15) is 24.5 Å². The predicted octanol–water partition coefficient (Wildman–Crippen LogP) is 2.53. The SMILES string of the molecule is O=C(CCN1C(=O)[C@@H]2CC=CC[C@H]2C1=O)Nc1ccc(Cl)c([N+](=O)[O-])c1. The van der Waals surface area contributed by atoms with E-state index in [1.54, 1.807) is 0 Å². The third-order valence-corrected chi connectivity index (χ3v) is 4.91. The number of hydrogen-bond acceptors (Lipinski definition) is 5. The minimum absolute atomic E-state index is 0.00775. The second-order valence-electron chi connectivity index (χ2n) is 6.21. The Morgan fingerprint density at radius 2 is 1.85 bits per heavy atom. The highest BCUT2D eigenvalue weighted by Gasteiger charge is 2.46. The molecular weight excluding hydrogens is 362 g/mol. The second kappa shape index (κ2) is 7.25. The van der Waals surface area contributed by atoms with Crippen LogP contribution in [0.25, 0.3) is 0 Å². The third kappa shape index (κ3) is 3.45. The van der Waals surface area contributed by atoms with E-state index in [4.69, 9.17) is 11.6 Å². The first kappa shape index (κ1) is 18.1. The molecule has 1 aromatic carbocycles. The molecule has 3 amide bonds. The summed E-state index contributed by atoms with van der Waals surface area (Å²) in [5.74, 6) is -1.57. The van der Waals surface area contributed by atoms with Crippen LogP contribution in [0.2, 0.25) is 5.02 Å². The van der Waals surface area contributed by atoms with E-state index < -0.39 is 10.8 Å². The number of fused-ring (bicyclic) bond motifs is 1. The van der Waals surface area contributed by atoms with Gasteiger partial charge in [-0.15, -0.1) is 0 Å². The van der Waals surface area contributed by atoms with Crippen LogP contribution in [0.1, 0.15) is 19.3 Å². The summed E-state index contributed by atoms with van der Waals surface area (Å²) < 4.78 is 0. The number of rotatable bonds is 5. The van der Waals surface area contributed by atoms with Crippen molar-refractivity contribution in [2.24, 2.45) is 11.8 Å². The van der Waals surface area contributed by atoms with Crippen molar-refractivity contribution < 1.29 is 19.3 Å². The van der Waals surface area contributed by atoms with Gasteiger partial charge < -0.3 is 5.32 Å². The largest absolute Gasteiger partial charge is 0.326 e. The molecule has 1 fully saturated rings. The number of benzene rings is 1. The molecule has 2 aliphatic rings. The molecule has 0 radical (unpaired) electrons. The van der Waals surface area contributed by atoms with Crippen molar-refractivity contribution >= 4 is 40.7 Å². The Kier molecular flexibility index (Phi) is 5.03. The highest BCUT2D eigenvalue weighted by atomic mass is 35.5. The standard InChI is InChI=1S/C17H16ClN3O5/c18-13-6-5-10(9-14(13)21(25)26)19-15(22)7-8-20-16(23)11-3-1-2-4-12(11)17(20)24/h1-2,5-6,9,11-12H,3-4,7-8H2,(H,19,22)/t11-,12-/m1/s1. The van der Waals surface area contributed by atoms with E-state index in [-0.39, 0.29) is 53.0 Å². The summed E-state index contributed by atoms with van der Waals surface area (Å²) in [6.07, 6.45) is 4.81. The van der Waals surface area contributed by atoms with Crippen molar-refractivity contribution in [2.75, 3.05) is 11.9 Å². The topological polar surface area (TPSA) is 110 Å². The summed E-state index contributed by atoms with van der Waals surface area (Å²) in [7, 11) is 0. The average Bonchev–Trinajstić information content (AvgIpc) is 2.86. The molecule has 26 heavy (non-hydrogen) atoms. The number of carbonyl (C=O) groups is 3. The number of allylic oxidation sites excluding steroid dienone is 2. The molecule has 0 saturated carbocycles. The lowest BCUT2D eigenvalue weighted by molar-refractivity contribution is -0.384. The summed E-state index contributed by atoms with van der Waals surface area (Å²) >= 11 is 5.73. The molecule has 8 nitrogen and oxygen atoms in total. The van der Waals surface area contributed by atoms with Crippen molar-refractivity contribution in [1.82, 2.24) is 4.90 Å². The molecule has 0 unspecified atom stereocenters. The minimum atomic E-state index is -0.644. The van der Waals surface area contributed by atoms with Crippen LogP contribution in [0.5, 0.6) is 0 Å². The van der Waals surface area contributed by atoms with E-state index in [1.165, 1.54) is 12.1 Å². The van der Waals surface area contributed by atoms with Gasteiger partial charge in [-0.1, -0.05) is 23.8 Å². The lowest BCUT2D eigenvalue weighted by atomic mass is 9.85. The molecule has 3 rings (SSSR count). The minimum Gasteiger partial charge on any atom is -0.326 e. The van der Waals surface area contributed by atoms with Gasteiger partial charge in [-0.05, 0) is 25.0 Å². The monoisotopic (exact) mass is 377 g/mol. The molecule has 1 saturated heterocycles. The van der Waals surface area contributed by atoms with Crippen LogP contribution < -0.4 is 5.32 Å². The summed E-state index contributed by atoms with van der Waals surface area (Å²) in [6.45, 7) is -0.00775. The molecule has 1 aromatic rings. The Hall–Kier alpha value is -2.74. The zero-order valence-corrected chi connectivity index (χ0v) is 14.4. The molecule has 1 heterocycles. The van der Waals surface area contributed by atoms with E-state index in [0.717, 1.165) is 11.0 Å². The van der Waals surface area contributed by atoms with Crippen molar-refractivity contribution in [3.63, 3.8) is 0 Å². The van der Waals surface area contributed by atoms with Gasteiger partial charge in [0.2, 0.25) is 17.7 Å². The van der Waals surface area contributed by atoms with Gasteiger partial charge in [-0.3, -0.25) is 29.4 Å². The van der Waals surface area contributed by atoms with Gasteiger partial charge in [0.1, 0.15) is 5.02 Å². The van der Waals surface area contributed by atoms with Crippen LogP contribution in [0.3, 0.4) is 0 Å². The lowest BCUT2D eigenvalue weighted by Crippen LogP contribution is -2.34. The Bertz CT molecular complexity index is 797. The zero-order valence-electron chi connectivity index (χ0n) is 13.7. The number of hydrogen-bond donors (Lipinski definition) is 1. The number of nitro benzene ring substituents is 1. The fraction of sp³-hybridized carbons (Fsp3) is 0.353. The Balaban J connectivity index is 1.60. The zero-order chi connectivity index (χ0) is 18.8. The fourth-order valence-corrected chi connectivity index (χ4v) is 3.44. The van der Waals surface area contributed by atoms with Crippen LogP contribution in [-0.2, 0) is 14.4 Å². The van der Waals surface area contributed by atoms with Gasteiger partial charge >= 0.3 is 0 Å². The maximum atomic E-state index is 12.3. The third-order valence-electron chi connectivity index (χ3n) is 4.59. The number of nitrogens with one attached hydrogen (secondary N) is 1. The van der Waals surface area contributed by atoms with Crippen molar-refractivity contribution in [3.05, 3.63) is 45.5 Å². The normalized spacial score (nSPS) is 21.7. The summed E-state index contributed by atoms with van der Waals surface area (Å²) in [6, 6.07) is 3.92. The molecule has 0 spiro atoms. The average molecular weight is 378 g/mol. The molecule has 9 heteroatoms. The summed E-state index contributed by atoms with van der Waals surface area (Å²) in [5.41, 5.74) is -0.0889. The Morgan fingerprint density at radius 3 is 2.42 bits per heavy atom. The van der Waals surface area contributed by atoms with Gasteiger partial charge in [0.25, 0.3) is 5.69 Å². The molecule has 1 aliphatic heterocycles. The number of imide groups is 1. The maximum absolute atomic E-state index is 12.3. The molecule has 0 aromatic heterocycles. The molecule has 1 N–H and O–H groups in total. The van der Waals surface area contributed by atoms with Gasteiger partial charge in [-0.2, -0.15) is 0 Å². The smallest absolute Gasteiger partial charge is 0.289 e. The number of amides is 3. The highest BCUT2D eigenvalue weighted by molar-refractivity contribution is 6.32. The van der Waals surface area contributed by atoms with Gasteiger partial charge in [0.15, 0.2) is 0 Å². The number of nitro groups is 1. The van der Waals surface area contributed by atoms with E-state index in [1.807, 2.05) is 12.2 Å². The van der Waals surface area contributed by atoms with Crippen LogP contribution in [-0.4, -0.2) is 34.1 Å². The maximum Gasteiger partial charge on any atom is 0.289 e. The van der Waals surface area contributed by atoms with Crippen LogP contribution in [0.4, 0.5) is 11.4 Å². The number of nitrogens with zero attached hydrogens (tertiary/aromatic N) is 2. The van der Waals surface area contributed by atoms with Crippen LogP contribution in [0.15, 0.2) is 30.4 Å². The fourth-order valence-electron chi connectivity index (χ4n) is 3.26. The highest BCUT2D eigenvalue weighted by Crippen LogP contribution is 2.35. The molecular formula is C17H16ClN3O5. The molecule has 136 valence electrons. The number of carbonyl (C=O) groups excluding carboxylic acids is 3. The first-order valence-electron chi connectivity index (χ1n) is 8.12. The van der Waals surface area contributed by atoms with Gasteiger partial charge in [0, 0.05) is 24.7 Å². The van der Waals surface area contributed by atoms with Crippen LogP contribution >= 0.6 is 11.6 Å². The van der Waals surface area contributed by atoms with Crippen molar-refractivity contribution in [1.29, 1.82) is 0 Å². The first-order chi connectivity index (χ1) is 12.4. The second-order valence-corrected chi connectivity index (χ2v) is 6.61. The first-order valence-corrected chi connectivity index (χ1v) is 8.50.